The number of hydrogen-bond donors (Lipinski definition) is 2. The number of carbonyl (C=O) groups is 1. The van der Waals surface area contributed by atoms with E-state index in [2.05, 4.69) is 10.6 Å². The van der Waals surface area contributed by atoms with Gasteiger partial charge in [0.25, 0.3) is 0 Å². The second kappa shape index (κ2) is 8.75. The van der Waals surface area contributed by atoms with E-state index >= 15 is 0 Å². The average Bonchev–Trinajstić information content (AvgIpc) is 2.51. The van der Waals surface area contributed by atoms with Crippen LogP contribution in [-0.4, -0.2) is 18.1 Å². The molecule has 2 aromatic rings. The Morgan fingerprint density at radius 1 is 1.15 bits per heavy atom. The second-order valence-electron chi connectivity index (χ2n) is 4.87. The van der Waals surface area contributed by atoms with Crippen LogP contribution in [-0.2, 0) is 0 Å². The molecule has 0 aliphatic heterocycles. The zero-order chi connectivity index (χ0) is 19.3. The monoisotopic (exact) mass is 424 g/mol. The van der Waals surface area contributed by atoms with Crippen LogP contribution in [0.4, 0.5) is 23.7 Å². The van der Waals surface area contributed by atoms with Crippen molar-refractivity contribution in [2.24, 2.45) is 0 Å². The number of benzene rings is 2. The van der Waals surface area contributed by atoms with Gasteiger partial charge >= 0.3 is 11.5 Å². The van der Waals surface area contributed by atoms with Crippen molar-refractivity contribution in [1.82, 2.24) is 5.32 Å². The van der Waals surface area contributed by atoms with Gasteiger partial charge in [-0.1, -0.05) is 23.2 Å². The highest BCUT2D eigenvalue weighted by atomic mass is 35.5. The molecule has 0 unspecified atom stereocenters. The fraction of sp³-hybridized carbons (Fsp3) is 0.188. The normalized spacial score (nSPS) is 11.2. The lowest BCUT2D eigenvalue weighted by Crippen LogP contribution is -2.28. The molecule has 0 aliphatic carbocycles. The maximum atomic E-state index is 12.3. The minimum atomic E-state index is -4.36. The molecule has 10 heteroatoms. The summed E-state index contributed by atoms with van der Waals surface area (Å²) in [4.78, 5) is 11.6. The van der Waals surface area contributed by atoms with E-state index in [1.807, 2.05) is 0 Å². The van der Waals surface area contributed by atoms with Gasteiger partial charge in [-0.15, -0.1) is 0 Å². The van der Waals surface area contributed by atoms with Crippen molar-refractivity contribution in [3.05, 3.63) is 46.4 Å². The third-order valence-corrected chi connectivity index (χ3v) is 4.17. The zero-order valence-electron chi connectivity index (χ0n) is 13.3. The van der Waals surface area contributed by atoms with Gasteiger partial charge in [-0.05, 0) is 55.1 Å². The third-order valence-electron chi connectivity index (χ3n) is 2.87. The fourth-order valence-electron chi connectivity index (χ4n) is 1.89. The van der Waals surface area contributed by atoms with Crippen molar-refractivity contribution in [3.63, 3.8) is 0 Å². The van der Waals surface area contributed by atoms with E-state index in [0.29, 0.717) is 12.2 Å². The van der Waals surface area contributed by atoms with Gasteiger partial charge in [-0.25, -0.2) is 4.79 Å². The lowest BCUT2D eigenvalue weighted by atomic mass is 10.3. The van der Waals surface area contributed by atoms with Gasteiger partial charge in [-0.2, -0.15) is 13.2 Å². The van der Waals surface area contributed by atoms with Crippen molar-refractivity contribution in [2.45, 2.75) is 17.3 Å². The highest BCUT2D eigenvalue weighted by Crippen LogP contribution is 2.40. The van der Waals surface area contributed by atoms with Crippen LogP contribution >= 0.6 is 35.0 Å². The molecule has 0 radical (unpaired) electrons. The Bertz CT molecular complexity index is 763. The number of nitrogens with one attached hydrogen (secondary N) is 2. The van der Waals surface area contributed by atoms with Crippen molar-refractivity contribution >= 4 is 46.7 Å². The molecular weight excluding hydrogens is 412 g/mol. The molecule has 2 aromatic carbocycles. The Morgan fingerprint density at radius 3 is 2.23 bits per heavy atom. The Labute approximate surface area is 162 Å². The number of rotatable bonds is 5. The van der Waals surface area contributed by atoms with E-state index in [1.165, 1.54) is 36.4 Å². The number of thioether (sulfide) groups is 1. The standard InChI is InChI=1S/C16H13Cl2F3N2O2S/c1-2-22-15(24)23-9-7-12(17)14(13(18)8-9)25-10-3-5-11(6-4-10)26-16(19,20)21/h3-8H,2H2,1H3,(H2,22,23,24). The van der Waals surface area contributed by atoms with Crippen molar-refractivity contribution in [1.29, 1.82) is 0 Å². The molecule has 2 N–H and O–H groups in total. The van der Waals surface area contributed by atoms with E-state index in [1.54, 1.807) is 6.92 Å². The van der Waals surface area contributed by atoms with E-state index < -0.39 is 11.5 Å². The molecule has 2 rings (SSSR count). The highest BCUT2D eigenvalue weighted by Gasteiger charge is 2.29. The Morgan fingerprint density at radius 2 is 1.73 bits per heavy atom. The van der Waals surface area contributed by atoms with E-state index in [9.17, 15) is 18.0 Å². The van der Waals surface area contributed by atoms with Crippen LogP contribution in [0.2, 0.25) is 10.0 Å². The highest BCUT2D eigenvalue weighted by molar-refractivity contribution is 8.00. The number of anilines is 1. The van der Waals surface area contributed by atoms with Gasteiger partial charge in [0.15, 0.2) is 5.75 Å². The van der Waals surface area contributed by atoms with Gasteiger partial charge in [0.2, 0.25) is 0 Å². The number of amides is 2. The largest absolute Gasteiger partial charge is 0.454 e. The minimum absolute atomic E-state index is 0.0310. The van der Waals surface area contributed by atoms with Gasteiger partial charge in [0.05, 0.1) is 10.0 Å². The Hall–Kier alpha value is -1.77. The lowest BCUT2D eigenvalue weighted by molar-refractivity contribution is -0.0328. The molecule has 0 bridgehead atoms. The molecule has 2 amide bonds. The van der Waals surface area contributed by atoms with Crippen molar-refractivity contribution in [2.75, 3.05) is 11.9 Å². The first kappa shape index (κ1) is 20.5. The molecule has 4 nitrogen and oxygen atoms in total. The van der Waals surface area contributed by atoms with Crippen LogP contribution in [0.1, 0.15) is 6.92 Å². The lowest BCUT2D eigenvalue weighted by Gasteiger charge is -2.13. The first-order valence-electron chi connectivity index (χ1n) is 7.25. The molecule has 140 valence electrons. The number of halogens is 5. The van der Waals surface area contributed by atoms with Gasteiger partial charge < -0.3 is 15.4 Å². The van der Waals surface area contributed by atoms with Gasteiger partial charge in [0.1, 0.15) is 5.75 Å². The summed E-state index contributed by atoms with van der Waals surface area (Å²) in [5.74, 6) is 0.399. The van der Waals surface area contributed by atoms with E-state index in [4.69, 9.17) is 27.9 Å². The summed E-state index contributed by atoms with van der Waals surface area (Å²) in [6, 6.07) is 7.80. The first-order chi connectivity index (χ1) is 12.2. The first-order valence-corrected chi connectivity index (χ1v) is 8.82. The van der Waals surface area contributed by atoms with Crippen LogP contribution in [0.5, 0.6) is 11.5 Å². The molecule has 0 heterocycles. The number of carbonyl (C=O) groups excluding carboxylic acids is 1. The predicted octanol–water partition coefficient (Wildman–Crippen LogP) is 6.54. The topological polar surface area (TPSA) is 50.4 Å². The third kappa shape index (κ3) is 6.19. The molecule has 0 spiro atoms. The summed E-state index contributed by atoms with van der Waals surface area (Å²) < 4.78 is 42.6. The van der Waals surface area contributed by atoms with Gasteiger partial charge in [-0.3, -0.25) is 0 Å². The van der Waals surface area contributed by atoms with Crippen LogP contribution in [0.15, 0.2) is 41.3 Å². The second-order valence-corrected chi connectivity index (χ2v) is 6.83. The zero-order valence-corrected chi connectivity index (χ0v) is 15.6. The minimum Gasteiger partial charge on any atom is -0.454 e. The van der Waals surface area contributed by atoms with Crippen LogP contribution in [0.3, 0.4) is 0 Å². The molecule has 0 saturated heterocycles. The van der Waals surface area contributed by atoms with Gasteiger partial charge in [0, 0.05) is 17.1 Å². The predicted molar refractivity (Wildman–Crippen MR) is 97.6 cm³/mol. The summed E-state index contributed by atoms with van der Waals surface area (Å²) in [6.45, 7) is 2.23. The fourth-order valence-corrected chi connectivity index (χ4v) is 3.00. The summed E-state index contributed by atoms with van der Waals surface area (Å²) >= 11 is 12.0. The Balaban J connectivity index is 2.13. The summed E-state index contributed by atoms with van der Waals surface area (Å²) in [5, 5.41) is 5.39. The molecule has 26 heavy (non-hydrogen) atoms. The molecular formula is C16H13Cl2F3N2O2S. The smallest absolute Gasteiger partial charge is 0.446 e. The van der Waals surface area contributed by atoms with Crippen molar-refractivity contribution in [3.8, 4) is 11.5 Å². The number of alkyl halides is 3. The summed E-state index contributed by atoms with van der Waals surface area (Å²) in [7, 11) is 0. The van der Waals surface area contributed by atoms with Crippen LogP contribution < -0.4 is 15.4 Å². The van der Waals surface area contributed by atoms with Crippen LogP contribution in [0, 0.1) is 0 Å². The summed E-state index contributed by atoms with van der Waals surface area (Å²) in [5.41, 5.74) is -3.99. The van der Waals surface area contributed by atoms with E-state index in [-0.39, 0.29) is 38.2 Å². The molecule has 0 fully saturated rings. The molecule has 0 saturated carbocycles. The maximum absolute atomic E-state index is 12.3. The van der Waals surface area contributed by atoms with Crippen LogP contribution in [0.25, 0.3) is 0 Å². The average molecular weight is 425 g/mol. The molecule has 0 aliphatic rings. The number of ether oxygens (including phenoxy) is 1. The number of urea groups is 1. The van der Waals surface area contributed by atoms with E-state index in [0.717, 1.165) is 0 Å². The van der Waals surface area contributed by atoms with Crippen molar-refractivity contribution < 1.29 is 22.7 Å². The quantitative estimate of drug-likeness (QED) is 0.535. The molecule has 0 aromatic heterocycles. The summed E-state index contributed by atoms with van der Waals surface area (Å²) in [6.07, 6.45) is 0. The number of hydrogen-bond acceptors (Lipinski definition) is 3. The maximum Gasteiger partial charge on any atom is 0.446 e. The molecule has 0 atom stereocenters. The SMILES string of the molecule is CCNC(=O)Nc1cc(Cl)c(Oc2ccc(SC(F)(F)F)cc2)c(Cl)c1. The Kier molecular flexibility index (Phi) is 6.91.